The molecule has 0 bridgehead atoms. The molecule has 4 heterocycles. The van der Waals surface area contributed by atoms with E-state index < -0.39 is 0 Å². The molecule has 4 aromatic rings. The fourth-order valence-electron chi connectivity index (χ4n) is 5.14. The highest BCUT2D eigenvalue weighted by Gasteiger charge is 2.34. The molecule has 0 radical (unpaired) electrons. The summed E-state index contributed by atoms with van der Waals surface area (Å²) in [5, 5.41) is 7.48. The van der Waals surface area contributed by atoms with Crippen molar-refractivity contribution in [3.63, 3.8) is 0 Å². The maximum atomic E-state index is 13.6. The Morgan fingerprint density at radius 3 is 2.70 bits per heavy atom. The minimum atomic E-state index is -0.205. The van der Waals surface area contributed by atoms with E-state index in [0.717, 1.165) is 22.5 Å². The normalized spacial score (nSPS) is 17.7. The second-order valence-corrected chi connectivity index (χ2v) is 9.57. The van der Waals surface area contributed by atoms with Gasteiger partial charge in [0.25, 0.3) is 11.8 Å². The zero-order chi connectivity index (χ0) is 26.1. The lowest BCUT2D eigenvalue weighted by Gasteiger charge is -2.39. The number of fused-ring (bicyclic) bond motifs is 1. The average Bonchev–Trinajstić information content (AvgIpc) is 3.46. The number of carbonyl (C=O) groups excluding carboxylic acids is 2. The zero-order valence-corrected chi connectivity index (χ0v) is 21.6. The highest BCUT2D eigenvalue weighted by molar-refractivity contribution is 5.95. The lowest BCUT2D eigenvalue weighted by Crippen LogP contribution is -2.51. The van der Waals surface area contributed by atoms with Gasteiger partial charge in [-0.25, -0.2) is 4.98 Å². The summed E-state index contributed by atoms with van der Waals surface area (Å²) >= 11 is 0. The largest absolute Gasteiger partial charge is 0.477 e. The van der Waals surface area contributed by atoms with Crippen LogP contribution in [0.5, 0.6) is 5.88 Å². The van der Waals surface area contributed by atoms with Gasteiger partial charge >= 0.3 is 0 Å². The van der Waals surface area contributed by atoms with Crippen LogP contribution in [0.2, 0.25) is 0 Å². The number of pyridine rings is 1. The van der Waals surface area contributed by atoms with E-state index >= 15 is 0 Å². The van der Waals surface area contributed by atoms with E-state index in [9.17, 15) is 9.59 Å². The van der Waals surface area contributed by atoms with Gasteiger partial charge in [-0.3, -0.25) is 14.3 Å². The van der Waals surface area contributed by atoms with Gasteiger partial charge in [0.15, 0.2) is 0 Å². The van der Waals surface area contributed by atoms with Crippen molar-refractivity contribution in [1.82, 2.24) is 29.4 Å². The third-order valence-electron chi connectivity index (χ3n) is 7.05. The van der Waals surface area contributed by atoms with Crippen molar-refractivity contribution in [3.05, 3.63) is 82.9 Å². The van der Waals surface area contributed by atoms with Crippen LogP contribution in [0.1, 0.15) is 56.9 Å². The Hall–Kier alpha value is -4.14. The van der Waals surface area contributed by atoms with Gasteiger partial charge in [-0.15, -0.1) is 5.10 Å². The number of hydrogen-bond donors (Lipinski definition) is 1. The molecular weight excluding hydrogens is 468 g/mol. The van der Waals surface area contributed by atoms with Gasteiger partial charge < -0.3 is 19.4 Å². The first-order valence-electron chi connectivity index (χ1n) is 12.6. The Bertz CT molecular complexity index is 1440. The third-order valence-corrected chi connectivity index (χ3v) is 7.05. The number of aromatic nitrogens is 4. The van der Waals surface area contributed by atoms with Crippen LogP contribution in [-0.2, 0) is 7.05 Å². The monoisotopic (exact) mass is 500 g/mol. The Balaban J connectivity index is 1.39. The number of rotatable bonds is 6. The molecule has 1 aliphatic heterocycles. The fourth-order valence-corrected chi connectivity index (χ4v) is 5.14. The predicted molar refractivity (Wildman–Crippen MR) is 140 cm³/mol. The molecule has 0 spiro atoms. The highest BCUT2D eigenvalue weighted by atomic mass is 16.5. The van der Waals surface area contributed by atoms with Gasteiger partial charge in [-0.1, -0.05) is 30.3 Å². The van der Waals surface area contributed by atoms with Gasteiger partial charge in [0.1, 0.15) is 11.3 Å². The number of amides is 2. The number of carbonyl (C=O) groups is 2. The summed E-state index contributed by atoms with van der Waals surface area (Å²) in [6.45, 7) is 7.36. The topological polar surface area (TPSA) is 93.8 Å². The summed E-state index contributed by atoms with van der Waals surface area (Å²) in [5.41, 5.74) is 4.97. The molecule has 192 valence electrons. The SMILES string of the molecule is CCOc1cc(C(=O)N[C@@H]2CCN(C(=O)c3cc(C)c4ncc(C)n4c3)C[C@@H]2c2ccccc2)n(C)n1. The lowest BCUT2D eigenvalue weighted by atomic mass is 9.85. The van der Waals surface area contributed by atoms with E-state index in [2.05, 4.69) is 27.5 Å². The number of hydrogen-bond acceptors (Lipinski definition) is 5. The fraction of sp³-hybridized carbons (Fsp3) is 0.357. The molecule has 9 heteroatoms. The first kappa shape index (κ1) is 24.5. The lowest BCUT2D eigenvalue weighted by molar-refractivity contribution is 0.0670. The second kappa shape index (κ2) is 10.1. The van der Waals surface area contributed by atoms with E-state index in [1.54, 1.807) is 13.1 Å². The maximum absolute atomic E-state index is 13.6. The van der Waals surface area contributed by atoms with Crippen LogP contribution in [0.4, 0.5) is 0 Å². The van der Waals surface area contributed by atoms with Gasteiger partial charge in [0.05, 0.1) is 12.2 Å². The first-order chi connectivity index (χ1) is 17.9. The van der Waals surface area contributed by atoms with Crippen LogP contribution >= 0.6 is 0 Å². The van der Waals surface area contributed by atoms with Crippen LogP contribution in [0.25, 0.3) is 5.65 Å². The minimum Gasteiger partial charge on any atom is -0.477 e. The molecule has 1 aromatic carbocycles. The predicted octanol–water partition coefficient (Wildman–Crippen LogP) is 3.51. The second-order valence-electron chi connectivity index (χ2n) is 9.57. The molecular formula is C28H32N6O3. The molecule has 3 aromatic heterocycles. The van der Waals surface area contributed by atoms with E-state index in [-0.39, 0.29) is 23.8 Å². The molecule has 0 unspecified atom stereocenters. The van der Waals surface area contributed by atoms with Crippen molar-refractivity contribution < 1.29 is 14.3 Å². The highest BCUT2D eigenvalue weighted by Crippen LogP contribution is 2.29. The van der Waals surface area contributed by atoms with Crippen molar-refractivity contribution in [1.29, 1.82) is 0 Å². The molecule has 37 heavy (non-hydrogen) atoms. The number of nitrogens with one attached hydrogen (secondary N) is 1. The number of piperidine rings is 1. The van der Waals surface area contributed by atoms with Crippen molar-refractivity contribution in [2.45, 2.75) is 39.2 Å². The van der Waals surface area contributed by atoms with E-state index in [4.69, 9.17) is 4.74 Å². The first-order valence-corrected chi connectivity index (χ1v) is 12.6. The molecule has 0 saturated carbocycles. The molecule has 1 aliphatic rings. The Labute approximate surface area is 216 Å². The minimum absolute atomic E-state index is 0.0169. The molecule has 1 N–H and O–H groups in total. The van der Waals surface area contributed by atoms with Crippen molar-refractivity contribution in [2.24, 2.45) is 7.05 Å². The van der Waals surface area contributed by atoms with Gasteiger partial charge in [-0.2, -0.15) is 0 Å². The van der Waals surface area contributed by atoms with Crippen LogP contribution in [0, 0.1) is 13.8 Å². The van der Waals surface area contributed by atoms with Crippen molar-refractivity contribution in [2.75, 3.05) is 19.7 Å². The quantitative estimate of drug-likeness (QED) is 0.437. The van der Waals surface area contributed by atoms with Crippen LogP contribution < -0.4 is 10.1 Å². The van der Waals surface area contributed by atoms with Gasteiger partial charge in [-0.05, 0) is 44.4 Å². The van der Waals surface area contributed by atoms with Crippen molar-refractivity contribution >= 4 is 17.5 Å². The molecule has 1 saturated heterocycles. The maximum Gasteiger partial charge on any atom is 0.269 e. The average molecular weight is 501 g/mol. The third kappa shape index (κ3) is 4.81. The van der Waals surface area contributed by atoms with Crippen LogP contribution in [0.3, 0.4) is 0 Å². The number of nitrogens with zero attached hydrogens (tertiary/aromatic N) is 5. The van der Waals surface area contributed by atoms with E-state index in [1.165, 1.54) is 4.68 Å². The summed E-state index contributed by atoms with van der Waals surface area (Å²) in [6, 6.07) is 13.5. The van der Waals surface area contributed by atoms with Gasteiger partial charge in [0.2, 0.25) is 5.88 Å². The van der Waals surface area contributed by atoms with E-state index in [0.29, 0.717) is 43.3 Å². The molecule has 0 aliphatic carbocycles. The Morgan fingerprint density at radius 2 is 1.95 bits per heavy atom. The number of imidazole rings is 1. The Kier molecular flexibility index (Phi) is 6.69. The summed E-state index contributed by atoms with van der Waals surface area (Å²) in [5.74, 6) is 0.151. The zero-order valence-electron chi connectivity index (χ0n) is 21.6. The van der Waals surface area contributed by atoms with Crippen molar-refractivity contribution in [3.8, 4) is 5.88 Å². The summed E-state index contributed by atoms with van der Waals surface area (Å²) in [7, 11) is 1.73. The summed E-state index contributed by atoms with van der Waals surface area (Å²) < 4.78 is 8.96. The standard InChI is InChI=1S/C28H32N6O3/c1-5-37-25-14-24(32(4)31-25)27(35)30-23-11-12-33(17-22(23)20-9-7-6-8-10-20)28(36)21-13-18(2)26-29-15-19(3)34(26)16-21/h6-10,13-16,22-23H,5,11-12,17H2,1-4H3,(H,30,35)/t22-,23-/m1/s1. The Morgan fingerprint density at radius 1 is 1.16 bits per heavy atom. The number of ether oxygens (including phenoxy) is 1. The number of benzene rings is 1. The summed E-state index contributed by atoms with van der Waals surface area (Å²) in [6.07, 6.45) is 4.32. The summed E-state index contributed by atoms with van der Waals surface area (Å²) in [4.78, 5) is 33.2. The molecule has 9 nitrogen and oxygen atoms in total. The molecule has 1 fully saturated rings. The smallest absolute Gasteiger partial charge is 0.269 e. The van der Waals surface area contributed by atoms with Crippen LogP contribution in [0.15, 0.2) is 54.9 Å². The number of likely N-dealkylation sites (tertiary alicyclic amines) is 1. The van der Waals surface area contributed by atoms with Crippen LogP contribution in [-0.4, -0.2) is 61.6 Å². The van der Waals surface area contributed by atoms with E-state index in [1.807, 2.05) is 66.7 Å². The molecule has 5 rings (SSSR count). The molecule has 2 amide bonds. The molecule has 2 atom stereocenters. The van der Waals surface area contributed by atoms with Gasteiger partial charge in [0, 0.05) is 56.3 Å². The number of aryl methyl sites for hydroxylation is 3.